The maximum atomic E-state index is 13.7. The van der Waals surface area contributed by atoms with Gasteiger partial charge >= 0.3 is 0 Å². The third kappa shape index (κ3) is 4.61. The Labute approximate surface area is 207 Å². The number of amides is 1. The van der Waals surface area contributed by atoms with Crippen LogP contribution in [-0.4, -0.2) is 21.7 Å². The summed E-state index contributed by atoms with van der Waals surface area (Å²) in [5, 5.41) is 0.619. The molecule has 35 heavy (non-hydrogen) atoms. The molecule has 0 aliphatic carbocycles. The number of hydrogen-bond donors (Lipinski definition) is 0. The largest absolute Gasteiger partial charge is 0.289 e. The number of rotatable bonds is 6. The van der Waals surface area contributed by atoms with Gasteiger partial charge in [0.05, 0.1) is 22.5 Å². The molecule has 0 unspecified atom stereocenters. The molecule has 0 N–H and O–H groups in total. The number of aryl methyl sites for hydroxylation is 2. The minimum atomic E-state index is -0.192. The van der Waals surface area contributed by atoms with Crippen molar-refractivity contribution in [1.29, 1.82) is 0 Å². The normalized spacial score (nSPS) is 10.9. The highest BCUT2D eigenvalue weighted by atomic mass is 32.1. The lowest BCUT2D eigenvalue weighted by atomic mass is 10.0. The molecule has 0 spiro atoms. The molecule has 0 saturated carbocycles. The van der Waals surface area contributed by atoms with Gasteiger partial charge in [0, 0.05) is 22.9 Å². The highest BCUT2D eigenvalue weighted by Crippen LogP contribution is 2.33. The van der Waals surface area contributed by atoms with E-state index in [1.807, 2.05) is 42.5 Å². The van der Waals surface area contributed by atoms with E-state index in [0.717, 1.165) is 27.0 Å². The number of nitrogens with zero attached hydrogens (tertiary/aromatic N) is 3. The van der Waals surface area contributed by atoms with E-state index in [1.165, 1.54) is 11.3 Å². The Balaban J connectivity index is 1.50. The average molecular weight is 478 g/mol. The van der Waals surface area contributed by atoms with Crippen molar-refractivity contribution >= 4 is 38.4 Å². The molecular formula is C29H23N3O2S. The summed E-state index contributed by atoms with van der Waals surface area (Å²) in [5.74, 6) is -0.269. The minimum Gasteiger partial charge on any atom is -0.289 e. The molecular weight excluding hydrogens is 454 g/mol. The van der Waals surface area contributed by atoms with Gasteiger partial charge in [0.2, 0.25) is 0 Å². The van der Waals surface area contributed by atoms with Crippen molar-refractivity contribution in [3.8, 4) is 0 Å². The summed E-state index contributed by atoms with van der Waals surface area (Å²) in [6.45, 7) is 4.40. The fourth-order valence-corrected chi connectivity index (χ4v) is 4.91. The van der Waals surface area contributed by atoms with Gasteiger partial charge in [-0.3, -0.25) is 19.5 Å². The average Bonchev–Trinajstić information content (AvgIpc) is 3.35. The summed E-state index contributed by atoms with van der Waals surface area (Å²) < 4.78 is 1.03. The zero-order valence-corrected chi connectivity index (χ0v) is 20.3. The number of aromatic nitrogens is 2. The number of fused-ring (bicyclic) bond motifs is 1. The van der Waals surface area contributed by atoms with Crippen LogP contribution in [0.5, 0.6) is 0 Å². The van der Waals surface area contributed by atoms with Gasteiger partial charge < -0.3 is 0 Å². The summed E-state index contributed by atoms with van der Waals surface area (Å²) in [7, 11) is 0. The lowest BCUT2D eigenvalue weighted by molar-refractivity contribution is 0.0982. The number of hydrogen-bond acceptors (Lipinski definition) is 5. The summed E-state index contributed by atoms with van der Waals surface area (Å²) >= 11 is 1.49. The Morgan fingerprint density at radius 1 is 0.800 bits per heavy atom. The van der Waals surface area contributed by atoms with E-state index in [4.69, 9.17) is 4.98 Å². The Kier molecular flexibility index (Phi) is 6.21. The monoisotopic (exact) mass is 477 g/mol. The van der Waals surface area contributed by atoms with Crippen LogP contribution in [0.4, 0.5) is 5.13 Å². The maximum Gasteiger partial charge on any atom is 0.260 e. The van der Waals surface area contributed by atoms with E-state index < -0.39 is 0 Å². The Bertz CT molecular complexity index is 1510. The number of ketones is 1. The molecule has 172 valence electrons. The first-order valence-electron chi connectivity index (χ1n) is 11.3. The first-order valence-corrected chi connectivity index (χ1v) is 12.1. The minimum absolute atomic E-state index is 0.0769. The van der Waals surface area contributed by atoms with Gasteiger partial charge in [-0.2, -0.15) is 0 Å². The fourth-order valence-electron chi connectivity index (χ4n) is 3.89. The van der Waals surface area contributed by atoms with E-state index in [-0.39, 0.29) is 11.7 Å². The Morgan fingerprint density at radius 3 is 2.20 bits per heavy atom. The van der Waals surface area contributed by atoms with Gasteiger partial charge in [0.15, 0.2) is 10.9 Å². The van der Waals surface area contributed by atoms with Crippen LogP contribution in [0.3, 0.4) is 0 Å². The summed E-state index contributed by atoms with van der Waals surface area (Å²) in [4.78, 5) is 37.4. The van der Waals surface area contributed by atoms with Crippen LogP contribution in [0.15, 0.2) is 91.1 Å². The molecule has 0 aliphatic rings. The number of anilines is 1. The Morgan fingerprint density at radius 2 is 1.49 bits per heavy atom. The predicted octanol–water partition coefficient (Wildman–Crippen LogP) is 6.39. The summed E-state index contributed by atoms with van der Waals surface area (Å²) in [6, 6.07) is 25.7. The smallest absolute Gasteiger partial charge is 0.260 e. The molecule has 6 heteroatoms. The topological polar surface area (TPSA) is 63.2 Å². The van der Waals surface area contributed by atoms with E-state index in [9.17, 15) is 9.59 Å². The van der Waals surface area contributed by atoms with Crippen molar-refractivity contribution in [3.63, 3.8) is 0 Å². The van der Waals surface area contributed by atoms with Gasteiger partial charge in [-0.1, -0.05) is 65.9 Å². The molecule has 2 aromatic heterocycles. The van der Waals surface area contributed by atoms with Crippen molar-refractivity contribution < 1.29 is 9.59 Å². The van der Waals surface area contributed by atoms with Crippen LogP contribution in [0.2, 0.25) is 0 Å². The van der Waals surface area contributed by atoms with Crippen LogP contribution in [-0.2, 0) is 6.54 Å². The SMILES string of the molecule is Cc1ccc2sc(N(Cc3ccccn3)C(=O)c3ccc(C(=O)c4ccccc4)cc3)nc2c1C. The fraction of sp³-hybridized carbons (Fsp3) is 0.103. The second-order valence-electron chi connectivity index (χ2n) is 8.34. The van der Waals surface area contributed by atoms with Crippen LogP contribution in [0.1, 0.15) is 43.1 Å². The standard InChI is InChI=1S/C29H23N3O2S/c1-19-11-16-25-26(20(19)2)31-29(35-25)32(18-24-10-6-7-17-30-24)28(34)23-14-12-22(13-15-23)27(33)21-8-4-3-5-9-21/h3-17H,18H2,1-2H3. The van der Waals surface area contributed by atoms with Crippen molar-refractivity contribution in [2.75, 3.05) is 4.90 Å². The van der Waals surface area contributed by atoms with Crippen LogP contribution >= 0.6 is 11.3 Å². The first kappa shape index (κ1) is 22.6. The van der Waals surface area contributed by atoms with Crippen molar-refractivity contribution in [1.82, 2.24) is 9.97 Å². The third-order valence-electron chi connectivity index (χ3n) is 6.03. The van der Waals surface area contributed by atoms with Crippen LogP contribution in [0.25, 0.3) is 10.2 Å². The van der Waals surface area contributed by atoms with Gasteiger partial charge in [-0.15, -0.1) is 0 Å². The van der Waals surface area contributed by atoms with Crippen molar-refractivity contribution in [2.45, 2.75) is 20.4 Å². The zero-order valence-electron chi connectivity index (χ0n) is 19.4. The van der Waals surface area contributed by atoms with E-state index in [1.54, 1.807) is 47.5 Å². The third-order valence-corrected chi connectivity index (χ3v) is 7.07. The lowest BCUT2D eigenvalue weighted by Gasteiger charge is -2.19. The lowest BCUT2D eigenvalue weighted by Crippen LogP contribution is -2.30. The highest BCUT2D eigenvalue weighted by Gasteiger charge is 2.23. The molecule has 5 nitrogen and oxygen atoms in total. The number of thiazole rings is 1. The summed E-state index contributed by atoms with van der Waals surface area (Å²) in [5.41, 5.74) is 5.59. The number of carbonyl (C=O) groups is 2. The zero-order chi connectivity index (χ0) is 24.4. The van der Waals surface area contributed by atoms with Gasteiger partial charge in [-0.25, -0.2) is 4.98 Å². The second kappa shape index (κ2) is 9.60. The number of benzene rings is 3. The van der Waals surface area contributed by atoms with E-state index >= 15 is 0 Å². The van der Waals surface area contributed by atoms with E-state index in [2.05, 4.69) is 24.9 Å². The molecule has 0 saturated heterocycles. The molecule has 0 fully saturated rings. The van der Waals surface area contributed by atoms with Gasteiger partial charge in [0.25, 0.3) is 5.91 Å². The Hall–Kier alpha value is -4.16. The number of carbonyl (C=O) groups excluding carboxylic acids is 2. The molecule has 0 radical (unpaired) electrons. The van der Waals surface area contributed by atoms with Crippen molar-refractivity contribution in [2.24, 2.45) is 0 Å². The molecule has 0 bridgehead atoms. The molecule has 5 rings (SSSR count). The highest BCUT2D eigenvalue weighted by molar-refractivity contribution is 7.22. The van der Waals surface area contributed by atoms with Crippen molar-refractivity contribution in [3.05, 3.63) is 125 Å². The summed E-state index contributed by atoms with van der Waals surface area (Å²) in [6.07, 6.45) is 1.72. The molecule has 3 aromatic carbocycles. The van der Waals surface area contributed by atoms with Gasteiger partial charge in [0.1, 0.15) is 0 Å². The number of pyridine rings is 1. The van der Waals surface area contributed by atoms with Crippen LogP contribution in [0, 0.1) is 13.8 Å². The quantitative estimate of drug-likeness (QED) is 0.266. The first-order chi connectivity index (χ1) is 17.0. The molecule has 0 aliphatic heterocycles. The predicted molar refractivity (Wildman–Crippen MR) is 140 cm³/mol. The molecule has 0 atom stereocenters. The maximum absolute atomic E-state index is 13.7. The van der Waals surface area contributed by atoms with Gasteiger partial charge in [-0.05, 0) is 55.3 Å². The van der Waals surface area contributed by atoms with E-state index in [0.29, 0.717) is 28.4 Å². The van der Waals surface area contributed by atoms with Crippen LogP contribution < -0.4 is 4.90 Å². The molecule has 1 amide bonds. The molecule has 2 heterocycles. The molecule has 5 aromatic rings. The second-order valence-corrected chi connectivity index (χ2v) is 9.34.